The molecule has 5 nitrogen and oxygen atoms in total. The van der Waals surface area contributed by atoms with Crippen LogP contribution < -0.4 is 10.6 Å². The van der Waals surface area contributed by atoms with Gasteiger partial charge in [-0.2, -0.15) is 0 Å². The third-order valence-corrected chi connectivity index (χ3v) is 5.53. The number of fused-ring (bicyclic) bond motifs is 1. The van der Waals surface area contributed by atoms with Gasteiger partial charge in [0.15, 0.2) is 0 Å². The van der Waals surface area contributed by atoms with Gasteiger partial charge >= 0.3 is 0 Å². The number of aryl methyl sites for hydroxylation is 1. The number of rotatable bonds is 2. The van der Waals surface area contributed by atoms with Crippen LogP contribution in [0.4, 0.5) is 5.82 Å². The number of aromatic nitrogens is 2. The fourth-order valence-electron chi connectivity index (χ4n) is 3.57. The molecule has 0 aliphatic carbocycles. The molecule has 0 radical (unpaired) electrons. The maximum absolute atomic E-state index is 6.24. The lowest BCUT2D eigenvalue weighted by Crippen LogP contribution is -2.48. The van der Waals surface area contributed by atoms with Gasteiger partial charge in [-0.15, -0.1) is 0 Å². The summed E-state index contributed by atoms with van der Waals surface area (Å²) in [5, 5.41) is 0. The van der Waals surface area contributed by atoms with Crippen molar-refractivity contribution in [3.8, 4) is 0 Å². The average Bonchev–Trinajstić information content (AvgIpc) is 3.00. The summed E-state index contributed by atoms with van der Waals surface area (Å²) in [5.74, 6) is 0.951. The highest BCUT2D eigenvalue weighted by molar-refractivity contribution is 6.14. The summed E-state index contributed by atoms with van der Waals surface area (Å²) in [6.45, 7) is 8.89. The molecule has 0 spiro atoms. The third-order valence-electron chi connectivity index (χ3n) is 5.53. The Hall–Kier alpha value is -2.27. The Morgan fingerprint density at radius 3 is 2.68 bits per heavy atom. The van der Waals surface area contributed by atoms with Gasteiger partial charge in [0.25, 0.3) is 0 Å². The van der Waals surface area contributed by atoms with E-state index in [1.54, 1.807) is 0 Å². The number of benzene rings is 1. The van der Waals surface area contributed by atoms with E-state index in [9.17, 15) is 0 Å². The van der Waals surface area contributed by atoms with Crippen LogP contribution in [0.3, 0.4) is 0 Å². The molecule has 130 valence electrons. The fraction of sp³-hybridized carbons (Fsp3) is 0.450. The predicted molar refractivity (Wildman–Crippen MR) is 101 cm³/mol. The van der Waals surface area contributed by atoms with Gasteiger partial charge in [-0.05, 0) is 44.7 Å². The van der Waals surface area contributed by atoms with Crippen molar-refractivity contribution in [3.63, 3.8) is 0 Å². The van der Waals surface area contributed by atoms with Crippen molar-refractivity contribution in [2.24, 2.45) is 10.7 Å². The van der Waals surface area contributed by atoms with E-state index in [2.05, 4.69) is 43.9 Å². The number of anilines is 1. The highest BCUT2D eigenvalue weighted by Crippen LogP contribution is 2.27. The van der Waals surface area contributed by atoms with Crippen LogP contribution in [0.1, 0.15) is 47.8 Å². The first-order valence-electron chi connectivity index (χ1n) is 8.96. The Labute approximate surface area is 149 Å². The van der Waals surface area contributed by atoms with Crippen LogP contribution in [-0.2, 0) is 6.54 Å². The quantitative estimate of drug-likeness (QED) is 0.916. The lowest BCUT2D eigenvalue weighted by atomic mass is 9.91. The normalized spacial score (nSPS) is 18.9. The molecule has 2 aliphatic rings. The molecule has 1 saturated heterocycles. The molecule has 0 saturated carbocycles. The summed E-state index contributed by atoms with van der Waals surface area (Å²) in [4.78, 5) is 16.6. The number of nitrogens with two attached hydrogens (primary N) is 1. The minimum absolute atomic E-state index is 0.0559. The van der Waals surface area contributed by atoms with Gasteiger partial charge in [-0.3, -0.25) is 4.99 Å². The van der Waals surface area contributed by atoms with Crippen LogP contribution in [0.2, 0.25) is 0 Å². The highest BCUT2D eigenvalue weighted by Gasteiger charge is 2.28. The van der Waals surface area contributed by atoms with Gasteiger partial charge in [0.1, 0.15) is 11.5 Å². The topological polar surface area (TPSA) is 67.4 Å². The number of nitrogens with zero attached hydrogens (tertiary/aromatic N) is 4. The number of hydrogen-bond donors (Lipinski definition) is 1. The summed E-state index contributed by atoms with van der Waals surface area (Å²) >= 11 is 0. The largest absolute Gasteiger partial charge is 0.355 e. The molecule has 0 amide bonds. The lowest BCUT2D eigenvalue weighted by molar-refractivity contribution is 0.363. The molecule has 25 heavy (non-hydrogen) atoms. The van der Waals surface area contributed by atoms with E-state index in [0.717, 1.165) is 54.4 Å². The first-order valence-corrected chi connectivity index (χ1v) is 8.96. The Morgan fingerprint density at radius 2 is 1.92 bits per heavy atom. The second kappa shape index (κ2) is 5.92. The zero-order valence-electron chi connectivity index (χ0n) is 15.2. The van der Waals surface area contributed by atoms with E-state index >= 15 is 0 Å². The van der Waals surface area contributed by atoms with E-state index in [1.807, 2.05) is 6.20 Å². The maximum Gasteiger partial charge on any atom is 0.147 e. The molecular formula is C20H25N5. The van der Waals surface area contributed by atoms with Gasteiger partial charge in [0.2, 0.25) is 0 Å². The zero-order valence-corrected chi connectivity index (χ0v) is 15.2. The van der Waals surface area contributed by atoms with Crippen LogP contribution in [0, 0.1) is 13.8 Å². The number of aliphatic imine (C=N–C) groups is 1. The summed E-state index contributed by atoms with van der Waals surface area (Å²) in [6, 6.07) is 6.34. The molecule has 5 heteroatoms. The molecule has 0 bridgehead atoms. The van der Waals surface area contributed by atoms with Crippen molar-refractivity contribution in [1.82, 2.24) is 9.97 Å². The molecule has 1 aromatic heterocycles. The molecule has 1 fully saturated rings. The molecule has 2 N–H and O–H groups in total. The Bertz CT molecular complexity index is 843. The van der Waals surface area contributed by atoms with Crippen molar-refractivity contribution in [1.29, 1.82) is 0 Å². The van der Waals surface area contributed by atoms with Crippen molar-refractivity contribution in [2.75, 3.05) is 18.0 Å². The Morgan fingerprint density at radius 1 is 1.16 bits per heavy atom. The second-order valence-corrected chi connectivity index (χ2v) is 7.58. The average molecular weight is 335 g/mol. The van der Waals surface area contributed by atoms with Gasteiger partial charge in [-0.25, -0.2) is 9.97 Å². The third kappa shape index (κ3) is 2.93. The number of hydrogen-bond acceptors (Lipinski definition) is 5. The first-order chi connectivity index (χ1) is 11.9. The first kappa shape index (κ1) is 16.2. The molecule has 0 atom stereocenters. The monoisotopic (exact) mass is 335 g/mol. The van der Waals surface area contributed by atoms with Gasteiger partial charge in [-0.1, -0.05) is 18.2 Å². The molecule has 3 heterocycles. The summed E-state index contributed by atoms with van der Waals surface area (Å²) in [5.41, 5.74) is 12.8. The number of piperidine rings is 1. The van der Waals surface area contributed by atoms with E-state index < -0.39 is 0 Å². The second-order valence-electron chi connectivity index (χ2n) is 7.58. The van der Waals surface area contributed by atoms with Crippen molar-refractivity contribution >= 4 is 11.5 Å². The van der Waals surface area contributed by atoms with Crippen LogP contribution in [0.15, 0.2) is 29.4 Å². The molecule has 4 rings (SSSR count). The van der Waals surface area contributed by atoms with Crippen molar-refractivity contribution < 1.29 is 0 Å². The zero-order chi connectivity index (χ0) is 17.6. The molecule has 2 aliphatic heterocycles. The molecule has 1 aromatic carbocycles. The Kier molecular flexibility index (Phi) is 3.84. The van der Waals surface area contributed by atoms with Crippen molar-refractivity contribution in [2.45, 2.75) is 45.7 Å². The van der Waals surface area contributed by atoms with E-state index in [-0.39, 0.29) is 5.54 Å². The highest BCUT2D eigenvalue weighted by atomic mass is 15.2. The van der Waals surface area contributed by atoms with Gasteiger partial charge in [0, 0.05) is 24.2 Å². The van der Waals surface area contributed by atoms with Crippen LogP contribution in [0.25, 0.3) is 0 Å². The summed E-state index contributed by atoms with van der Waals surface area (Å²) in [7, 11) is 0. The van der Waals surface area contributed by atoms with E-state index in [1.165, 1.54) is 11.1 Å². The lowest BCUT2D eigenvalue weighted by Gasteiger charge is -2.37. The van der Waals surface area contributed by atoms with Gasteiger partial charge < -0.3 is 10.6 Å². The van der Waals surface area contributed by atoms with E-state index in [0.29, 0.717) is 6.54 Å². The maximum atomic E-state index is 6.24. The molecule has 0 unspecified atom stereocenters. The molecule has 2 aromatic rings. The predicted octanol–water partition coefficient (Wildman–Crippen LogP) is 2.76. The van der Waals surface area contributed by atoms with Crippen molar-refractivity contribution in [3.05, 3.63) is 52.5 Å². The van der Waals surface area contributed by atoms with Crippen LogP contribution in [0.5, 0.6) is 0 Å². The van der Waals surface area contributed by atoms with E-state index in [4.69, 9.17) is 20.7 Å². The van der Waals surface area contributed by atoms with Crippen LogP contribution in [-0.4, -0.2) is 34.3 Å². The van der Waals surface area contributed by atoms with Crippen LogP contribution >= 0.6 is 0 Å². The molecular weight excluding hydrogens is 310 g/mol. The minimum Gasteiger partial charge on any atom is -0.355 e. The summed E-state index contributed by atoms with van der Waals surface area (Å²) < 4.78 is 0. The smallest absolute Gasteiger partial charge is 0.147 e. The van der Waals surface area contributed by atoms with Gasteiger partial charge in [0.05, 0.1) is 24.1 Å². The summed E-state index contributed by atoms with van der Waals surface area (Å²) in [6.07, 6.45) is 3.86. The fourth-order valence-corrected chi connectivity index (χ4v) is 3.57. The Balaban J connectivity index is 1.61. The minimum atomic E-state index is -0.0559. The SMILES string of the molecule is Cc1cccc(C2=NCc3nc(N4CCC(C)(N)CC4)cnc32)c1C. The standard InChI is InChI=1S/C20H25N5/c1-13-5-4-6-15(14(13)2)18-19-16(11-22-18)24-17(12-23-19)25-9-7-20(3,21)8-10-25/h4-6,12H,7-11,21H2,1-3H3.